The van der Waals surface area contributed by atoms with Crippen LogP contribution < -0.4 is 20.1 Å². The standard InChI is InChI=1S/C32H43N3O5/c1-5-7-14-35(24-10-8-9-22(15-24)18-33)29(36)20-34-19-25(23-11-12-27-28(16-23)40-21-39-27)30(31(37)38)26(34)17-32(3,4)13-6-2/h6,8-13,15-16,25-26,30H,5,7,14,17-21,33H2,1-4H3,(H,37,38)/t25-,26+,30?/m1/s1. The molecular weight excluding hydrogens is 506 g/mol. The van der Waals surface area contributed by atoms with Gasteiger partial charge in [0.05, 0.1) is 12.5 Å². The molecule has 2 aliphatic rings. The van der Waals surface area contributed by atoms with Gasteiger partial charge in [-0.05, 0) is 60.6 Å². The van der Waals surface area contributed by atoms with E-state index in [-0.39, 0.29) is 36.6 Å². The van der Waals surface area contributed by atoms with E-state index in [1.54, 1.807) is 0 Å². The number of likely N-dealkylation sites (tertiary alicyclic amines) is 1. The van der Waals surface area contributed by atoms with Crippen LogP contribution in [0.3, 0.4) is 0 Å². The number of allylic oxidation sites excluding steroid dienone is 2. The average molecular weight is 550 g/mol. The van der Waals surface area contributed by atoms with E-state index in [4.69, 9.17) is 15.2 Å². The van der Waals surface area contributed by atoms with Gasteiger partial charge in [-0.15, -0.1) is 0 Å². The van der Waals surface area contributed by atoms with E-state index < -0.39 is 11.9 Å². The van der Waals surface area contributed by atoms with Crippen LogP contribution in [-0.4, -0.2) is 54.4 Å². The molecule has 0 bridgehead atoms. The molecule has 0 aliphatic carbocycles. The quantitative estimate of drug-likeness (QED) is 0.352. The lowest BCUT2D eigenvalue weighted by Crippen LogP contribution is -2.45. The predicted octanol–water partition coefficient (Wildman–Crippen LogP) is 5.17. The first kappa shape index (κ1) is 29.6. The lowest BCUT2D eigenvalue weighted by atomic mass is 9.77. The highest BCUT2D eigenvalue weighted by Crippen LogP contribution is 2.45. The third-order valence-corrected chi connectivity index (χ3v) is 8.04. The van der Waals surface area contributed by atoms with Gasteiger partial charge in [0.1, 0.15) is 0 Å². The Morgan fingerprint density at radius 2 is 1.95 bits per heavy atom. The lowest BCUT2D eigenvalue weighted by Gasteiger charge is -2.34. The van der Waals surface area contributed by atoms with Crippen molar-refractivity contribution in [1.29, 1.82) is 0 Å². The molecule has 3 atom stereocenters. The maximum atomic E-state index is 14.0. The molecular formula is C32H43N3O5. The van der Waals surface area contributed by atoms with Crippen molar-refractivity contribution >= 4 is 17.6 Å². The monoisotopic (exact) mass is 549 g/mol. The largest absolute Gasteiger partial charge is 0.481 e. The highest BCUT2D eigenvalue weighted by molar-refractivity contribution is 5.95. The molecule has 2 aromatic carbocycles. The van der Waals surface area contributed by atoms with Crippen LogP contribution in [0.1, 0.15) is 64.0 Å². The van der Waals surface area contributed by atoms with Gasteiger partial charge in [-0.2, -0.15) is 0 Å². The number of amides is 1. The number of nitrogens with two attached hydrogens (primary N) is 1. The minimum atomic E-state index is -0.850. The molecule has 2 aromatic rings. The molecule has 2 aliphatic heterocycles. The molecule has 8 heteroatoms. The fraction of sp³-hybridized carbons (Fsp3) is 0.500. The molecule has 3 N–H and O–H groups in total. The predicted molar refractivity (Wildman–Crippen MR) is 157 cm³/mol. The third-order valence-electron chi connectivity index (χ3n) is 8.04. The topological polar surface area (TPSA) is 105 Å². The number of fused-ring (bicyclic) bond motifs is 1. The van der Waals surface area contributed by atoms with Gasteiger partial charge in [-0.1, -0.05) is 57.5 Å². The van der Waals surface area contributed by atoms with Crippen molar-refractivity contribution < 1.29 is 24.2 Å². The summed E-state index contributed by atoms with van der Waals surface area (Å²) in [4.78, 5) is 30.8. The number of nitrogens with zero attached hydrogens (tertiary/aromatic N) is 2. The van der Waals surface area contributed by atoms with Crippen molar-refractivity contribution in [2.75, 3.05) is 31.3 Å². The smallest absolute Gasteiger partial charge is 0.308 e. The van der Waals surface area contributed by atoms with Crippen molar-refractivity contribution in [2.24, 2.45) is 17.1 Å². The Balaban J connectivity index is 1.68. The molecule has 40 heavy (non-hydrogen) atoms. The molecule has 0 spiro atoms. The van der Waals surface area contributed by atoms with Crippen LogP contribution in [0.2, 0.25) is 0 Å². The second-order valence-electron chi connectivity index (χ2n) is 11.5. The van der Waals surface area contributed by atoms with Gasteiger partial charge in [0, 0.05) is 37.3 Å². The molecule has 216 valence electrons. The van der Waals surface area contributed by atoms with E-state index in [1.807, 2.05) is 60.4 Å². The molecule has 0 saturated carbocycles. The van der Waals surface area contributed by atoms with Crippen molar-refractivity contribution in [1.82, 2.24) is 4.90 Å². The van der Waals surface area contributed by atoms with Gasteiger partial charge in [0.25, 0.3) is 0 Å². The Hall–Kier alpha value is -3.36. The Morgan fingerprint density at radius 1 is 1.18 bits per heavy atom. The van der Waals surface area contributed by atoms with Crippen molar-refractivity contribution in [3.63, 3.8) is 0 Å². The second kappa shape index (κ2) is 12.9. The summed E-state index contributed by atoms with van der Waals surface area (Å²) in [7, 11) is 0. The number of rotatable bonds is 12. The number of carboxylic acids is 1. The minimum Gasteiger partial charge on any atom is -0.481 e. The number of ether oxygens (including phenoxy) is 2. The first-order valence-corrected chi connectivity index (χ1v) is 14.3. The molecule has 1 fully saturated rings. The van der Waals surface area contributed by atoms with Gasteiger partial charge < -0.3 is 25.2 Å². The molecule has 1 saturated heterocycles. The van der Waals surface area contributed by atoms with Gasteiger partial charge >= 0.3 is 5.97 Å². The average Bonchev–Trinajstić information content (AvgIpc) is 3.53. The summed E-state index contributed by atoms with van der Waals surface area (Å²) in [6, 6.07) is 13.1. The zero-order chi connectivity index (χ0) is 28.9. The van der Waals surface area contributed by atoms with Crippen LogP contribution in [0, 0.1) is 11.3 Å². The molecule has 8 nitrogen and oxygen atoms in total. The lowest BCUT2D eigenvalue weighted by molar-refractivity contribution is -0.143. The number of hydrogen-bond donors (Lipinski definition) is 2. The number of carboxylic acid groups (broad SMARTS) is 1. The van der Waals surface area contributed by atoms with Crippen LogP contribution in [0.15, 0.2) is 54.6 Å². The fourth-order valence-corrected chi connectivity index (χ4v) is 6.11. The number of hydrogen-bond acceptors (Lipinski definition) is 6. The van der Waals surface area contributed by atoms with Gasteiger partial charge in [-0.3, -0.25) is 14.5 Å². The number of benzene rings is 2. The van der Waals surface area contributed by atoms with E-state index >= 15 is 0 Å². The van der Waals surface area contributed by atoms with E-state index in [0.29, 0.717) is 37.6 Å². The maximum Gasteiger partial charge on any atom is 0.308 e. The summed E-state index contributed by atoms with van der Waals surface area (Å²) in [5, 5.41) is 10.5. The molecule has 2 heterocycles. The number of carbonyl (C=O) groups is 2. The first-order valence-electron chi connectivity index (χ1n) is 14.3. The van der Waals surface area contributed by atoms with Gasteiger partial charge in [0.2, 0.25) is 12.7 Å². The van der Waals surface area contributed by atoms with Crippen molar-refractivity contribution in [3.8, 4) is 11.5 Å². The zero-order valence-electron chi connectivity index (χ0n) is 24.1. The number of carbonyl (C=O) groups excluding carboxylic acids is 1. The van der Waals surface area contributed by atoms with E-state index in [0.717, 1.165) is 29.7 Å². The molecule has 0 radical (unpaired) electrons. The molecule has 4 rings (SSSR count). The Morgan fingerprint density at radius 3 is 2.65 bits per heavy atom. The summed E-state index contributed by atoms with van der Waals surface area (Å²) >= 11 is 0. The SMILES string of the molecule is CC=CC(C)(C)C[C@H]1C(C(=O)O)[C@@H](c2ccc3c(c2)OCO3)CN1CC(=O)N(CCCC)c1cccc(CN)c1. The Kier molecular flexibility index (Phi) is 9.53. The van der Waals surface area contributed by atoms with Crippen LogP contribution in [0.5, 0.6) is 11.5 Å². The van der Waals surface area contributed by atoms with Crippen LogP contribution in [0.25, 0.3) is 0 Å². The van der Waals surface area contributed by atoms with E-state index in [2.05, 4.69) is 31.7 Å². The summed E-state index contributed by atoms with van der Waals surface area (Å²) in [5.41, 5.74) is 8.33. The van der Waals surface area contributed by atoms with Gasteiger partial charge in [-0.25, -0.2) is 0 Å². The molecule has 1 amide bonds. The Bertz CT molecular complexity index is 1230. The Labute approximate surface area is 237 Å². The highest BCUT2D eigenvalue weighted by Gasteiger charge is 2.48. The minimum absolute atomic E-state index is 0.0352. The fourth-order valence-electron chi connectivity index (χ4n) is 6.11. The van der Waals surface area contributed by atoms with Crippen molar-refractivity contribution in [3.05, 3.63) is 65.7 Å². The van der Waals surface area contributed by atoms with E-state index in [9.17, 15) is 14.7 Å². The van der Waals surface area contributed by atoms with Gasteiger partial charge in [0.15, 0.2) is 11.5 Å². The van der Waals surface area contributed by atoms with Crippen LogP contribution in [0.4, 0.5) is 5.69 Å². The first-order chi connectivity index (χ1) is 19.2. The normalized spacial score (nSPS) is 20.8. The molecule has 1 unspecified atom stereocenters. The summed E-state index contributed by atoms with van der Waals surface area (Å²) in [6.45, 7) is 10.1. The van der Waals surface area contributed by atoms with E-state index in [1.165, 1.54) is 0 Å². The summed E-state index contributed by atoms with van der Waals surface area (Å²) < 4.78 is 11.1. The van der Waals surface area contributed by atoms with Crippen LogP contribution >= 0.6 is 0 Å². The van der Waals surface area contributed by atoms with Crippen molar-refractivity contribution in [2.45, 2.75) is 65.5 Å². The van der Waals surface area contributed by atoms with Crippen LogP contribution in [-0.2, 0) is 16.1 Å². The number of anilines is 1. The zero-order valence-corrected chi connectivity index (χ0v) is 24.1. The maximum absolute atomic E-state index is 14.0. The second-order valence-corrected chi connectivity index (χ2v) is 11.5. The number of unbranched alkanes of at least 4 members (excludes halogenated alkanes) is 1. The third kappa shape index (κ3) is 6.67. The highest BCUT2D eigenvalue weighted by atomic mass is 16.7. The summed E-state index contributed by atoms with van der Waals surface area (Å²) in [6.07, 6.45) is 6.56. The molecule has 0 aromatic heterocycles. The summed E-state index contributed by atoms with van der Waals surface area (Å²) in [5.74, 6) is -0.562. The number of aliphatic carboxylic acids is 1.